The van der Waals surface area contributed by atoms with Crippen LogP contribution in [0.1, 0.15) is 0 Å². The zero-order valence-corrected chi connectivity index (χ0v) is 9.31. The van der Waals surface area contributed by atoms with Crippen LogP contribution in [0.3, 0.4) is 0 Å². The van der Waals surface area contributed by atoms with Gasteiger partial charge in [-0.15, -0.1) is 0 Å². The fourth-order valence-corrected chi connectivity index (χ4v) is 1.16. The lowest BCUT2D eigenvalue weighted by molar-refractivity contribution is -0.142. The number of hydrogen-bond acceptors (Lipinski definition) is 5. The molecule has 6 nitrogen and oxygen atoms in total. The van der Waals surface area contributed by atoms with Crippen LogP contribution in [-0.4, -0.2) is 69.1 Å². The number of nitrogens with zero attached hydrogens (tertiary/aromatic N) is 1. The molecule has 6 heteroatoms. The molecule has 0 saturated carbocycles. The lowest BCUT2D eigenvalue weighted by Crippen LogP contribution is -2.46. The van der Waals surface area contributed by atoms with Crippen LogP contribution in [0.5, 0.6) is 0 Å². The average molecular weight is 220 g/mol. The van der Waals surface area contributed by atoms with Crippen molar-refractivity contribution in [3.8, 4) is 0 Å². The summed E-state index contributed by atoms with van der Waals surface area (Å²) < 4.78 is 9.80. The maximum Gasteiger partial charge on any atom is 0.253 e. The van der Waals surface area contributed by atoms with E-state index >= 15 is 0 Å². The minimum atomic E-state index is -0.645. The predicted octanol–water partition coefficient (Wildman–Crippen LogP) is -1.57. The van der Waals surface area contributed by atoms with Crippen LogP contribution in [0.4, 0.5) is 0 Å². The molecule has 0 radical (unpaired) electrons. The van der Waals surface area contributed by atoms with E-state index in [1.165, 1.54) is 12.0 Å². The van der Waals surface area contributed by atoms with Crippen LogP contribution in [0.25, 0.3) is 0 Å². The molecule has 1 amide bonds. The van der Waals surface area contributed by atoms with E-state index in [0.717, 1.165) is 0 Å². The molecule has 0 aliphatic heterocycles. The summed E-state index contributed by atoms with van der Waals surface area (Å²) in [5.74, 6) is -0.217. The second kappa shape index (κ2) is 8.60. The topological polar surface area (TPSA) is 85.0 Å². The van der Waals surface area contributed by atoms with E-state index in [1.54, 1.807) is 7.11 Å². The van der Waals surface area contributed by atoms with Gasteiger partial charge in [-0.25, -0.2) is 0 Å². The lowest BCUT2D eigenvalue weighted by Gasteiger charge is -2.25. The first kappa shape index (κ1) is 14.3. The van der Waals surface area contributed by atoms with Crippen molar-refractivity contribution in [1.29, 1.82) is 0 Å². The fraction of sp³-hybridized carbons (Fsp3) is 0.889. The first-order valence-corrected chi connectivity index (χ1v) is 4.82. The molecule has 1 unspecified atom stereocenters. The van der Waals surface area contributed by atoms with Gasteiger partial charge in [0, 0.05) is 33.9 Å². The summed E-state index contributed by atoms with van der Waals surface area (Å²) in [6.07, 6.45) is -0.645. The van der Waals surface area contributed by atoms with E-state index in [1.807, 2.05) is 0 Å². The van der Waals surface area contributed by atoms with Crippen LogP contribution in [0, 0.1) is 0 Å². The quantitative estimate of drug-likeness (QED) is 0.516. The molecule has 0 heterocycles. The van der Waals surface area contributed by atoms with Crippen LogP contribution in [0.2, 0.25) is 0 Å². The van der Waals surface area contributed by atoms with Gasteiger partial charge in [0.25, 0.3) is 5.91 Å². The average Bonchev–Trinajstić information content (AvgIpc) is 2.25. The number of rotatable bonds is 8. The van der Waals surface area contributed by atoms with Gasteiger partial charge >= 0.3 is 0 Å². The smallest absolute Gasteiger partial charge is 0.253 e. The molecule has 0 rings (SSSR count). The molecule has 15 heavy (non-hydrogen) atoms. The number of ether oxygens (including phenoxy) is 2. The zero-order chi connectivity index (χ0) is 11.7. The summed E-state index contributed by atoms with van der Waals surface area (Å²) in [6.45, 7) is 1.16. The van der Waals surface area contributed by atoms with Gasteiger partial charge in [-0.1, -0.05) is 0 Å². The third-order valence-corrected chi connectivity index (χ3v) is 2.02. The summed E-state index contributed by atoms with van der Waals surface area (Å²) in [7, 11) is 2.99. The van der Waals surface area contributed by atoms with Crippen LogP contribution >= 0.6 is 0 Å². The normalized spacial score (nSPS) is 12.5. The van der Waals surface area contributed by atoms with Crippen molar-refractivity contribution >= 4 is 5.91 Å². The highest BCUT2D eigenvalue weighted by molar-refractivity contribution is 5.81. The molecule has 0 spiro atoms. The minimum Gasteiger partial charge on any atom is -0.395 e. The number of carbonyl (C=O) groups excluding carboxylic acids is 1. The molecule has 0 aliphatic carbocycles. The van der Waals surface area contributed by atoms with Crippen LogP contribution in [-0.2, 0) is 14.3 Å². The Morgan fingerprint density at radius 2 is 2.13 bits per heavy atom. The standard InChI is InChI=1S/C9H20N2O4/c1-14-6-4-11(3-5-12)9(13)8(7-10)15-2/h8,12H,3-7,10H2,1-2H3. The van der Waals surface area contributed by atoms with E-state index in [2.05, 4.69) is 0 Å². The predicted molar refractivity (Wildman–Crippen MR) is 55.4 cm³/mol. The van der Waals surface area contributed by atoms with E-state index in [-0.39, 0.29) is 25.6 Å². The summed E-state index contributed by atoms with van der Waals surface area (Å²) in [5.41, 5.74) is 5.38. The third-order valence-electron chi connectivity index (χ3n) is 2.02. The van der Waals surface area contributed by atoms with Gasteiger partial charge in [0.05, 0.1) is 13.2 Å². The van der Waals surface area contributed by atoms with Crippen LogP contribution in [0.15, 0.2) is 0 Å². The fourth-order valence-electron chi connectivity index (χ4n) is 1.16. The Morgan fingerprint density at radius 1 is 1.47 bits per heavy atom. The van der Waals surface area contributed by atoms with Crippen molar-refractivity contribution in [2.75, 3.05) is 47.1 Å². The summed E-state index contributed by atoms with van der Waals surface area (Å²) >= 11 is 0. The molecular formula is C9H20N2O4. The highest BCUT2D eigenvalue weighted by Gasteiger charge is 2.22. The minimum absolute atomic E-state index is 0.0868. The third kappa shape index (κ3) is 5.08. The van der Waals surface area contributed by atoms with Gasteiger partial charge in [-0.2, -0.15) is 0 Å². The molecule has 1 atom stereocenters. The summed E-state index contributed by atoms with van der Waals surface area (Å²) in [4.78, 5) is 13.2. The van der Waals surface area contributed by atoms with E-state index in [9.17, 15) is 4.79 Å². The number of amides is 1. The Labute approximate surface area is 89.9 Å². The van der Waals surface area contributed by atoms with Gasteiger partial charge in [0.15, 0.2) is 0 Å². The van der Waals surface area contributed by atoms with E-state index in [0.29, 0.717) is 13.2 Å². The molecule has 3 N–H and O–H groups in total. The SMILES string of the molecule is COCCN(CCO)C(=O)C(CN)OC. The Morgan fingerprint density at radius 3 is 2.53 bits per heavy atom. The van der Waals surface area contributed by atoms with E-state index in [4.69, 9.17) is 20.3 Å². The molecule has 0 bridgehead atoms. The molecule has 0 aromatic carbocycles. The number of nitrogens with two attached hydrogens (primary N) is 1. The number of aliphatic hydroxyl groups excluding tert-OH is 1. The van der Waals surface area contributed by atoms with E-state index < -0.39 is 6.10 Å². The van der Waals surface area contributed by atoms with Crippen molar-refractivity contribution in [1.82, 2.24) is 4.90 Å². The van der Waals surface area contributed by atoms with Gasteiger partial charge in [0.2, 0.25) is 0 Å². The Kier molecular flexibility index (Phi) is 8.21. The van der Waals surface area contributed by atoms with Gasteiger partial charge in [0.1, 0.15) is 6.10 Å². The maximum absolute atomic E-state index is 11.8. The summed E-state index contributed by atoms with van der Waals surface area (Å²) in [5, 5.41) is 8.81. The Bertz CT molecular complexity index is 173. The highest BCUT2D eigenvalue weighted by Crippen LogP contribution is 1.97. The molecule has 90 valence electrons. The number of aliphatic hydroxyl groups is 1. The monoisotopic (exact) mass is 220 g/mol. The molecule has 0 aromatic rings. The van der Waals surface area contributed by atoms with Crippen molar-refractivity contribution in [3.63, 3.8) is 0 Å². The Hall–Kier alpha value is -0.690. The highest BCUT2D eigenvalue weighted by atomic mass is 16.5. The molecule has 0 fully saturated rings. The maximum atomic E-state index is 11.8. The van der Waals surface area contributed by atoms with Crippen LogP contribution < -0.4 is 5.73 Å². The lowest BCUT2D eigenvalue weighted by atomic mass is 10.3. The number of hydrogen-bond donors (Lipinski definition) is 2. The molecule has 0 aromatic heterocycles. The summed E-state index contributed by atoms with van der Waals surface area (Å²) in [6, 6.07) is 0. The van der Waals surface area contributed by atoms with Crippen molar-refractivity contribution in [2.24, 2.45) is 5.73 Å². The zero-order valence-electron chi connectivity index (χ0n) is 9.31. The van der Waals surface area contributed by atoms with Gasteiger partial charge < -0.3 is 25.2 Å². The van der Waals surface area contributed by atoms with Crippen molar-refractivity contribution in [2.45, 2.75) is 6.10 Å². The van der Waals surface area contributed by atoms with Gasteiger partial charge in [-0.05, 0) is 0 Å². The Balaban J connectivity index is 4.24. The largest absolute Gasteiger partial charge is 0.395 e. The first-order valence-electron chi connectivity index (χ1n) is 4.82. The number of carbonyl (C=O) groups is 1. The second-order valence-electron chi connectivity index (χ2n) is 3.00. The van der Waals surface area contributed by atoms with Crippen molar-refractivity contribution in [3.05, 3.63) is 0 Å². The van der Waals surface area contributed by atoms with Crippen molar-refractivity contribution < 1.29 is 19.4 Å². The molecular weight excluding hydrogens is 200 g/mol. The first-order chi connectivity index (χ1) is 7.21. The van der Waals surface area contributed by atoms with Gasteiger partial charge in [-0.3, -0.25) is 4.79 Å². The number of methoxy groups -OCH3 is 2. The molecule has 0 aliphatic rings. The second-order valence-corrected chi connectivity index (χ2v) is 3.00. The molecule has 0 saturated heterocycles.